The summed E-state index contributed by atoms with van der Waals surface area (Å²) >= 11 is 0. The summed E-state index contributed by atoms with van der Waals surface area (Å²) in [6.45, 7) is 0. The van der Waals surface area contributed by atoms with Crippen LogP contribution in [0.4, 0.5) is 21.7 Å². The quantitative estimate of drug-likeness (QED) is 0.476. The lowest BCUT2D eigenvalue weighted by Crippen LogP contribution is -2.43. The van der Waals surface area contributed by atoms with Gasteiger partial charge < -0.3 is 26.5 Å². The summed E-state index contributed by atoms with van der Waals surface area (Å²) in [5.74, 6) is -1.11. The Morgan fingerprint density at radius 2 is 2.03 bits per heavy atom. The van der Waals surface area contributed by atoms with Crippen LogP contribution in [0.15, 0.2) is 35.3 Å². The van der Waals surface area contributed by atoms with E-state index in [2.05, 4.69) is 30.8 Å². The summed E-state index contributed by atoms with van der Waals surface area (Å²) in [6.07, 6.45) is 7.99. The van der Waals surface area contributed by atoms with Gasteiger partial charge in [0.2, 0.25) is 12.3 Å². The van der Waals surface area contributed by atoms with Crippen LogP contribution >= 0.6 is 0 Å². The van der Waals surface area contributed by atoms with Crippen LogP contribution in [-0.4, -0.2) is 38.2 Å². The van der Waals surface area contributed by atoms with E-state index in [1.54, 1.807) is 12.3 Å². The van der Waals surface area contributed by atoms with Crippen LogP contribution in [0.2, 0.25) is 0 Å². The molecule has 0 unspecified atom stereocenters. The molecule has 1 saturated carbocycles. The summed E-state index contributed by atoms with van der Waals surface area (Å²) in [6, 6.07) is 2.54. The van der Waals surface area contributed by atoms with Crippen molar-refractivity contribution in [3.05, 3.63) is 42.3 Å². The number of pyridine rings is 2. The number of nitrogens with one attached hydrogen (secondary N) is 2. The van der Waals surface area contributed by atoms with Gasteiger partial charge in [0, 0.05) is 18.3 Å². The van der Waals surface area contributed by atoms with Gasteiger partial charge >= 0.3 is 0 Å². The first-order valence-electron chi connectivity index (χ1n) is 9.52. The second-order valence-electron chi connectivity index (χ2n) is 7.11. The second kappa shape index (κ2) is 8.41. The lowest BCUT2D eigenvalue weighted by Gasteiger charge is -2.30. The van der Waals surface area contributed by atoms with Crippen LogP contribution in [0.25, 0.3) is 11.5 Å². The SMILES string of the molecule is NC(=O)c1cc(F)c(N[C@@H]2CCCC[C@@H]2N)nc1Nc1cncc(-c2nnco2)c1. The molecule has 156 valence electrons. The molecule has 0 saturated heterocycles. The van der Waals surface area contributed by atoms with Gasteiger partial charge in [-0.2, -0.15) is 0 Å². The first-order valence-corrected chi connectivity index (χ1v) is 9.52. The molecule has 4 rings (SSSR count). The fraction of sp³-hybridized carbons (Fsp3) is 0.316. The highest BCUT2D eigenvalue weighted by molar-refractivity contribution is 5.98. The summed E-state index contributed by atoms with van der Waals surface area (Å²) < 4.78 is 19.8. The molecule has 6 N–H and O–H groups in total. The van der Waals surface area contributed by atoms with Gasteiger partial charge in [-0.1, -0.05) is 12.8 Å². The Bertz CT molecular complexity index is 1040. The number of carbonyl (C=O) groups is 1. The third-order valence-electron chi connectivity index (χ3n) is 4.99. The third-order valence-corrected chi connectivity index (χ3v) is 4.99. The average molecular weight is 412 g/mol. The monoisotopic (exact) mass is 412 g/mol. The third kappa shape index (κ3) is 4.20. The molecule has 0 spiro atoms. The Balaban J connectivity index is 1.64. The molecule has 0 radical (unpaired) electrons. The van der Waals surface area contributed by atoms with E-state index in [0.29, 0.717) is 11.3 Å². The van der Waals surface area contributed by atoms with Crippen molar-refractivity contribution in [2.75, 3.05) is 10.6 Å². The molecule has 11 heteroatoms. The smallest absolute Gasteiger partial charge is 0.252 e. The van der Waals surface area contributed by atoms with Gasteiger partial charge in [0.15, 0.2) is 11.6 Å². The predicted molar refractivity (Wildman–Crippen MR) is 107 cm³/mol. The summed E-state index contributed by atoms with van der Waals surface area (Å²) in [5, 5.41) is 13.5. The largest absolute Gasteiger partial charge is 0.423 e. The van der Waals surface area contributed by atoms with Gasteiger partial charge in [0.1, 0.15) is 5.82 Å². The molecule has 3 aromatic rings. The topological polar surface area (TPSA) is 158 Å². The van der Waals surface area contributed by atoms with E-state index in [-0.39, 0.29) is 35.2 Å². The van der Waals surface area contributed by atoms with Crippen LogP contribution < -0.4 is 22.1 Å². The minimum absolute atomic E-state index is 0.00543. The molecule has 10 nitrogen and oxygen atoms in total. The molecule has 0 aromatic carbocycles. The number of nitrogens with zero attached hydrogens (tertiary/aromatic N) is 4. The van der Waals surface area contributed by atoms with Gasteiger partial charge in [-0.15, -0.1) is 10.2 Å². The Hall–Kier alpha value is -3.60. The molecule has 1 amide bonds. The zero-order valence-corrected chi connectivity index (χ0v) is 16.0. The van der Waals surface area contributed by atoms with Crippen molar-refractivity contribution >= 4 is 23.2 Å². The van der Waals surface area contributed by atoms with Crippen LogP contribution in [0, 0.1) is 5.82 Å². The normalized spacial score (nSPS) is 18.7. The van der Waals surface area contributed by atoms with Gasteiger partial charge in [0.25, 0.3) is 5.91 Å². The first-order chi connectivity index (χ1) is 14.5. The lowest BCUT2D eigenvalue weighted by atomic mass is 9.91. The zero-order valence-electron chi connectivity index (χ0n) is 16.0. The van der Waals surface area contributed by atoms with Crippen LogP contribution in [-0.2, 0) is 0 Å². The van der Waals surface area contributed by atoms with Crippen molar-refractivity contribution < 1.29 is 13.6 Å². The zero-order chi connectivity index (χ0) is 21.1. The number of hydrogen-bond acceptors (Lipinski definition) is 9. The number of hydrogen-bond donors (Lipinski definition) is 4. The van der Waals surface area contributed by atoms with E-state index in [4.69, 9.17) is 15.9 Å². The van der Waals surface area contributed by atoms with Crippen molar-refractivity contribution in [2.45, 2.75) is 37.8 Å². The van der Waals surface area contributed by atoms with Crippen LogP contribution in [0.1, 0.15) is 36.0 Å². The Kier molecular flexibility index (Phi) is 5.53. The minimum atomic E-state index is -0.814. The Morgan fingerprint density at radius 1 is 1.20 bits per heavy atom. The minimum Gasteiger partial charge on any atom is -0.423 e. The maximum Gasteiger partial charge on any atom is 0.252 e. The molecule has 2 atom stereocenters. The molecule has 3 aromatic heterocycles. The lowest BCUT2D eigenvalue weighted by molar-refractivity contribution is 0.100. The summed E-state index contributed by atoms with van der Waals surface area (Å²) in [7, 11) is 0. The average Bonchev–Trinajstić information content (AvgIpc) is 3.27. The first kappa shape index (κ1) is 19.7. The van der Waals surface area contributed by atoms with Crippen LogP contribution in [0.3, 0.4) is 0 Å². The molecule has 3 heterocycles. The number of carbonyl (C=O) groups excluding carboxylic acids is 1. The highest BCUT2D eigenvalue weighted by Gasteiger charge is 2.24. The second-order valence-corrected chi connectivity index (χ2v) is 7.11. The van der Waals surface area contributed by atoms with E-state index in [1.165, 1.54) is 12.6 Å². The number of anilines is 3. The number of amides is 1. The number of primary amides is 1. The molecular formula is C19H21FN8O2. The predicted octanol–water partition coefficient (Wildman–Crippen LogP) is 2.19. The standard InChI is InChI=1S/C19H21FN8O2/c20-13-6-12(16(22)29)17(27-18(13)26-15-4-2-1-3-14(15)21)25-11-5-10(7-23-8-11)19-28-24-9-30-19/h5-9,14-15H,1-4,21H2,(H2,22,29)(H2,25,26,27)/t14-,15+/m0/s1. The number of rotatable bonds is 6. The van der Waals surface area contributed by atoms with E-state index in [9.17, 15) is 9.18 Å². The molecule has 30 heavy (non-hydrogen) atoms. The van der Waals surface area contributed by atoms with Gasteiger partial charge in [-0.3, -0.25) is 9.78 Å². The number of halogens is 1. The van der Waals surface area contributed by atoms with E-state index in [1.807, 2.05) is 0 Å². The molecule has 0 bridgehead atoms. The summed E-state index contributed by atoms with van der Waals surface area (Å²) in [5.41, 5.74) is 12.5. The van der Waals surface area contributed by atoms with Crippen molar-refractivity contribution in [2.24, 2.45) is 11.5 Å². The van der Waals surface area contributed by atoms with E-state index >= 15 is 0 Å². The van der Waals surface area contributed by atoms with Gasteiger partial charge in [-0.25, -0.2) is 9.37 Å². The van der Waals surface area contributed by atoms with Crippen LogP contribution in [0.5, 0.6) is 0 Å². The number of aromatic nitrogens is 4. The maximum atomic E-state index is 14.6. The Morgan fingerprint density at radius 3 is 2.77 bits per heavy atom. The fourth-order valence-electron chi connectivity index (χ4n) is 3.45. The van der Waals surface area contributed by atoms with Crippen molar-refractivity contribution in [3.8, 4) is 11.5 Å². The molecule has 1 fully saturated rings. The van der Waals surface area contributed by atoms with E-state index < -0.39 is 11.7 Å². The van der Waals surface area contributed by atoms with Gasteiger partial charge in [-0.05, 0) is 25.0 Å². The van der Waals surface area contributed by atoms with Crippen molar-refractivity contribution in [1.29, 1.82) is 0 Å². The highest BCUT2D eigenvalue weighted by atomic mass is 19.1. The van der Waals surface area contributed by atoms with Crippen molar-refractivity contribution in [1.82, 2.24) is 20.2 Å². The molecule has 1 aliphatic carbocycles. The molecular weight excluding hydrogens is 391 g/mol. The number of nitrogens with two attached hydrogens (primary N) is 2. The Labute approximate surface area is 171 Å². The van der Waals surface area contributed by atoms with Gasteiger partial charge in [0.05, 0.1) is 23.0 Å². The van der Waals surface area contributed by atoms with E-state index in [0.717, 1.165) is 31.7 Å². The highest BCUT2D eigenvalue weighted by Crippen LogP contribution is 2.27. The van der Waals surface area contributed by atoms with Crippen molar-refractivity contribution in [3.63, 3.8) is 0 Å². The summed E-state index contributed by atoms with van der Waals surface area (Å²) in [4.78, 5) is 20.2. The molecule has 0 aliphatic heterocycles. The molecule has 1 aliphatic rings. The maximum absolute atomic E-state index is 14.6. The fourth-order valence-corrected chi connectivity index (χ4v) is 3.45.